The zero-order valence-electron chi connectivity index (χ0n) is 13.0. The molecule has 1 aromatic carbocycles. The number of fused-ring (bicyclic) bond motifs is 1. The number of rotatable bonds is 4. The van der Waals surface area contributed by atoms with Crippen LogP contribution in [0.5, 0.6) is 5.75 Å². The van der Waals surface area contributed by atoms with Gasteiger partial charge in [0.25, 0.3) is 5.91 Å². The number of hydrogen-bond donors (Lipinski definition) is 2. The summed E-state index contributed by atoms with van der Waals surface area (Å²) in [5.41, 5.74) is 5.86. The van der Waals surface area contributed by atoms with Crippen LogP contribution in [0, 0.1) is 5.92 Å². The summed E-state index contributed by atoms with van der Waals surface area (Å²) in [5.74, 6) is 0.214. The van der Waals surface area contributed by atoms with E-state index in [9.17, 15) is 9.90 Å². The molecule has 1 aromatic heterocycles. The number of aromatic nitrogens is 2. The summed E-state index contributed by atoms with van der Waals surface area (Å²) < 4.78 is 7.12. The number of nitrogens with two attached hydrogens (primary N) is 1. The zero-order valence-corrected chi connectivity index (χ0v) is 13.0. The summed E-state index contributed by atoms with van der Waals surface area (Å²) in [6.07, 6.45) is 3.72. The van der Waals surface area contributed by atoms with Gasteiger partial charge in [-0.2, -0.15) is 5.10 Å². The second-order valence-electron chi connectivity index (χ2n) is 6.56. The first kappa shape index (κ1) is 14.8. The van der Waals surface area contributed by atoms with Crippen LogP contribution in [0.2, 0.25) is 0 Å². The molecule has 0 radical (unpaired) electrons. The van der Waals surface area contributed by atoms with E-state index in [1.807, 2.05) is 24.7 Å². The lowest BCUT2D eigenvalue weighted by atomic mass is 9.71. The van der Waals surface area contributed by atoms with E-state index in [0.29, 0.717) is 17.2 Å². The van der Waals surface area contributed by atoms with Gasteiger partial charge >= 0.3 is 0 Å². The summed E-state index contributed by atoms with van der Waals surface area (Å²) in [6.45, 7) is 3.69. The highest BCUT2D eigenvalue weighted by atomic mass is 16.5. The summed E-state index contributed by atoms with van der Waals surface area (Å²) in [7, 11) is 1.50. The van der Waals surface area contributed by atoms with E-state index in [1.165, 1.54) is 7.11 Å². The number of nitrogens with zero attached hydrogens (tertiary/aromatic N) is 2. The van der Waals surface area contributed by atoms with Gasteiger partial charge in [-0.3, -0.25) is 9.48 Å². The monoisotopic (exact) mass is 303 g/mol. The van der Waals surface area contributed by atoms with Crippen molar-refractivity contribution in [2.45, 2.75) is 38.3 Å². The zero-order chi connectivity index (χ0) is 16.1. The lowest BCUT2D eigenvalue weighted by molar-refractivity contribution is -0.0412. The predicted octanol–water partition coefficient (Wildman–Crippen LogP) is 1.87. The number of carbonyl (C=O) groups is 1. The van der Waals surface area contributed by atoms with Crippen molar-refractivity contribution in [1.82, 2.24) is 9.78 Å². The molecule has 1 aliphatic carbocycles. The van der Waals surface area contributed by atoms with Gasteiger partial charge in [-0.25, -0.2) is 0 Å². The van der Waals surface area contributed by atoms with Gasteiger partial charge in [-0.15, -0.1) is 0 Å². The van der Waals surface area contributed by atoms with Crippen molar-refractivity contribution in [1.29, 1.82) is 0 Å². The van der Waals surface area contributed by atoms with Crippen LogP contribution in [0.15, 0.2) is 18.3 Å². The van der Waals surface area contributed by atoms with Gasteiger partial charge < -0.3 is 15.6 Å². The largest absolute Gasteiger partial charge is 0.496 e. The smallest absolute Gasteiger partial charge is 0.252 e. The van der Waals surface area contributed by atoms with Crippen LogP contribution in [0.4, 0.5) is 0 Å². The molecule has 1 aliphatic rings. The van der Waals surface area contributed by atoms with Crippen LogP contribution in [0.25, 0.3) is 10.9 Å². The molecule has 0 aliphatic heterocycles. The van der Waals surface area contributed by atoms with Crippen molar-refractivity contribution in [2.24, 2.45) is 11.7 Å². The van der Waals surface area contributed by atoms with Crippen molar-refractivity contribution in [3.8, 4) is 5.75 Å². The van der Waals surface area contributed by atoms with Gasteiger partial charge in [0.1, 0.15) is 5.75 Å². The van der Waals surface area contributed by atoms with Crippen molar-refractivity contribution >= 4 is 16.8 Å². The van der Waals surface area contributed by atoms with Crippen molar-refractivity contribution < 1.29 is 14.6 Å². The molecule has 3 N–H and O–H groups in total. The Kier molecular flexibility index (Phi) is 3.36. The predicted molar refractivity (Wildman–Crippen MR) is 82.9 cm³/mol. The van der Waals surface area contributed by atoms with Gasteiger partial charge in [-0.1, -0.05) is 0 Å². The number of aliphatic hydroxyl groups is 1. The van der Waals surface area contributed by atoms with Crippen LogP contribution in [0.1, 0.15) is 43.1 Å². The first-order chi connectivity index (χ1) is 10.3. The van der Waals surface area contributed by atoms with Crippen LogP contribution in [-0.2, 0) is 0 Å². The average molecular weight is 303 g/mol. The Morgan fingerprint density at radius 3 is 2.68 bits per heavy atom. The normalized spacial score (nSPS) is 21.6. The summed E-state index contributed by atoms with van der Waals surface area (Å²) in [5, 5.41) is 15.4. The number of benzene rings is 1. The van der Waals surface area contributed by atoms with Gasteiger partial charge in [0.2, 0.25) is 0 Å². The Hall–Kier alpha value is -2.08. The third-order valence-electron chi connectivity index (χ3n) is 4.60. The van der Waals surface area contributed by atoms with Gasteiger partial charge in [-0.05, 0) is 38.7 Å². The number of methoxy groups -OCH3 is 1. The molecule has 1 saturated carbocycles. The molecule has 0 spiro atoms. The Morgan fingerprint density at radius 1 is 1.45 bits per heavy atom. The van der Waals surface area contributed by atoms with E-state index in [0.717, 1.165) is 23.7 Å². The van der Waals surface area contributed by atoms with Crippen LogP contribution in [-0.4, -0.2) is 33.5 Å². The minimum atomic E-state index is -0.647. The molecule has 0 bridgehead atoms. The molecule has 1 fully saturated rings. The minimum absolute atomic E-state index is 0.284. The molecule has 3 rings (SSSR count). The van der Waals surface area contributed by atoms with E-state index in [1.54, 1.807) is 12.1 Å². The molecule has 0 atom stereocenters. The lowest BCUT2D eigenvalue weighted by Gasteiger charge is -2.42. The van der Waals surface area contributed by atoms with Crippen LogP contribution >= 0.6 is 0 Å². The van der Waals surface area contributed by atoms with E-state index in [-0.39, 0.29) is 6.04 Å². The van der Waals surface area contributed by atoms with Crippen molar-refractivity contribution in [3.05, 3.63) is 23.9 Å². The second kappa shape index (κ2) is 4.98. The molecule has 1 amide bonds. The SMILES string of the molecule is COc1cc2nn(C3CC(C(C)(C)O)C3)cc2cc1C(N)=O. The Labute approximate surface area is 128 Å². The first-order valence-electron chi connectivity index (χ1n) is 7.38. The average Bonchev–Trinajstić information content (AvgIpc) is 2.75. The standard InChI is InChI=1S/C16H21N3O3/c1-16(2,21)10-5-11(6-10)19-8-9-4-12(15(17)20)14(22-3)7-13(9)18-19/h4,7-8,10-11,21H,5-6H2,1-3H3,(H2,17,20). The number of amides is 1. The maximum atomic E-state index is 11.5. The molecule has 0 saturated heterocycles. The number of ether oxygens (including phenoxy) is 1. The quantitative estimate of drug-likeness (QED) is 0.902. The van der Waals surface area contributed by atoms with E-state index >= 15 is 0 Å². The molecule has 0 unspecified atom stereocenters. The highest BCUT2D eigenvalue weighted by Gasteiger charge is 2.40. The highest BCUT2D eigenvalue weighted by molar-refractivity contribution is 6.00. The number of carbonyl (C=O) groups excluding carboxylic acids is 1. The second-order valence-corrected chi connectivity index (χ2v) is 6.56. The maximum Gasteiger partial charge on any atom is 0.252 e. The molecular formula is C16H21N3O3. The molecule has 6 nitrogen and oxygen atoms in total. The molecular weight excluding hydrogens is 282 g/mol. The van der Waals surface area contributed by atoms with Crippen LogP contribution in [0.3, 0.4) is 0 Å². The topological polar surface area (TPSA) is 90.4 Å². The Balaban J connectivity index is 1.90. The fraction of sp³-hybridized carbons (Fsp3) is 0.500. The first-order valence-corrected chi connectivity index (χ1v) is 7.38. The van der Waals surface area contributed by atoms with Crippen LogP contribution < -0.4 is 10.5 Å². The Bertz CT molecular complexity index is 724. The van der Waals surface area contributed by atoms with Gasteiger partial charge in [0.15, 0.2) is 0 Å². The molecule has 22 heavy (non-hydrogen) atoms. The van der Waals surface area contributed by atoms with E-state index < -0.39 is 11.5 Å². The summed E-state index contributed by atoms with van der Waals surface area (Å²) in [4.78, 5) is 11.5. The third kappa shape index (κ3) is 2.43. The Morgan fingerprint density at radius 2 is 2.14 bits per heavy atom. The van der Waals surface area contributed by atoms with E-state index in [2.05, 4.69) is 5.10 Å². The lowest BCUT2D eigenvalue weighted by Crippen LogP contribution is -2.41. The minimum Gasteiger partial charge on any atom is -0.496 e. The fourth-order valence-corrected chi connectivity index (χ4v) is 3.00. The van der Waals surface area contributed by atoms with Crippen molar-refractivity contribution in [3.63, 3.8) is 0 Å². The molecule has 118 valence electrons. The fourth-order valence-electron chi connectivity index (χ4n) is 3.00. The molecule has 2 aromatic rings. The van der Waals surface area contributed by atoms with E-state index in [4.69, 9.17) is 10.5 Å². The molecule has 6 heteroatoms. The van der Waals surface area contributed by atoms with Gasteiger partial charge in [0.05, 0.1) is 29.8 Å². The maximum absolute atomic E-state index is 11.5. The third-order valence-corrected chi connectivity index (χ3v) is 4.60. The number of hydrogen-bond acceptors (Lipinski definition) is 4. The van der Waals surface area contributed by atoms with Crippen molar-refractivity contribution in [2.75, 3.05) is 7.11 Å². The van der Waals surface area contributed by atoms with Gasteiger partial charge in [0, 0.05) is 17.6 Å². The number of primary amides is 1. The summed E-state index contributed by atoms with van der Waals surface area (Å²) >= 11 is 0. The highest BCUT2D eigenvalue weighted by Crippen LogP contribution is 2.44. The molecule has 1 heterocycles. The summed E-state index contributed by atoms with van der Waals surface area (Å²) in [6, 6.07) is 3.73.